The molecular formula is C12H13NO2. The van der Waals surface area contributed by atoms with Gasteiger partial charge in [0.1, 0.15) is 12.0 Å². The van der Waals surface area contributed by atoms with Crippen molar-refractivity contribution in [1.29, 1.82) is 5.26 Å². The molecule has 1 aromatic rings. The lowest BCUT2D eigenvalue weighted by Gasteiger charge is -2.13. The minimum atomic E-state index is -1.07. The molecule has 3 nitrogen and oxygen atoms in total. The number of carbonyl (C=O) groups is 1. The van der Waals surface area contributed by atoms with Crippen molar-refractivity contribution < 1.29 is 9.53 Å². The van der Waals surface area contributed by atoms with E-state index in [0.717, 1.165) is 5.56 Å². The fourth-order valence-corrected chi connectivity index (χ4v) is 0.949. The lowest BCUT2D eigenvalue weighted by molar-refractivity contribution is -0.152. The zero-order valence-electron chi connectivity index (χ0n) is 8.86. The molecule has 0 aliphatic carbocycles. The van der Waals surface area contributed by atoms with E-state index in [-0.39, 0.29) is 6.61 Å². The molecule has 0 fully saturated rings. The van der Waals surface area contributed by atoms with Gasteiger partial charge in [0.25, 0.3) is 0 Å². The summed E-state index contributed by atoms with van der Waals surface area (Å²) in [5.41, 5.74) is -0.158. The predicted octanol–water partition coefficient (Wildman–Crippen LogP) is 2.28. The highest BCUT2D eigenvalue weighted by molar-refractivity contribution is 5.78. The largest absolute Gasteiger partial charge is 0.460 e. The zero-order chi connectivity index (χ0) is 11.3. The Morgan fingerprint density at radius 1 is 1.40 bits per heavy atom. The number of benzene rings is 1. The molecule has 0 spiro atoms. The average Bonchev–Trinajstić information content (AvgIpc) is 2.27. The summed E-state index contributed by atoms with van der Waals surface area (Å²) in [7, 11) is 0. The van der Waals surface area contributed by atoms with Crippen LogP contribution in [0.5, 0.6) is 0 Å². The molecule has 1 aromatic carbocycles. The van der Waals surface area contributed by atoms with Crippen molar-refractivity contribution in [2.24, 2.45) is 5.41 Å². The van der Waals surface area contributed by atoms with Gasteiger partial charge >= 0.3 is 5.97 Å². The van der Waals surface area contributed by atoms with Gasteiger partial charge in [0.2, 0.25) is 0 Å². The highest BCUT2D eigenvalue weighted by Crippen LogP contribution is 2.16. The van der Waals surface area contributed by atoms with Gasteiger partial charge in [-0.05, 0) is 19.4 Å². The number of carbonyl (C=O) groups excluding carboxylic acids is 1. The van der Waals surface area contributed by atoms with E-state index in [2.05, 4.69) is 0 Å². The number of ether oxygens (including phenoxy) is 1. The number of nitriles is 1. The predicted molar refractivity (Wildman–Crippen MR) is 55.6 cm³/mol. The monoisotopic (exact) mass is 203 g/mol. The van der Waals surface area contributed by atoms with Gasteiger partial charge < -0.3 is 4.74 Å². The average molecular weight is 203 g/mol. The molecule has 0 bridgehead atoms. The quantitative estimate of drug-likeness (QED) is 0.708. The van der Waals surface area contributed by atoms with Crippen LogP contribution in [0, 0.1) is 16.7 Å². The van der Waals surface area contributed by atoms with Gasteiger partial charge in [0, 0.05) is 0 Å². The molecule has 0 aliphatic rings. The maximum atomic E-state index is 11.4. The number of hydrogen-bond donors (Lipinski definition) is 0. The van der Waals surface area contributed by atoms with Gasteiger partial charge in [-0.3, -0.25) is 4.79 Å². The summed E-state index contributed by atoms with van der Waals surface area (Å²) >= 11 is 0. The van der Waals surface area contributed by atoms with Gasteiger partial charge in [-0.15, -0.1) is 0 Å². The van der Waals surface area contributed by atoms with E-state index in [0.29, 0.717) is 0 Å². The van der Waals surface area contributed by atoms with E-state index >= 15 is 0 Å². The van der Waals surface area contributed by atoms with E-state index in [1.54, 1.807) is 13.8 Å². The fraction of sp³-hybridized carbons (Fsp3) is 0.333. The molecule has 3 heteroatoms. The number of hydrogen-bond acceptors (Lipinski definition) is 3. The molecule has 0 saturated carbocycles. The van der Waals surface area contributed by atoms with E-state index in [1.807, 2.05) is 36.4 Å². The standard InChI is InChI=1S/C12H13NO2/c1-12(2,9-13)11(14)15-8-10-6-4-3-5-7-10/h3-7H,8H2,1-2H3. The molecule has 0 radical (unpaired) electrons. The van der Waals surface area contributed by atoms with Crippen LogP contribution in [0.4, 0.5) is 0 Å². The smallest absolute Gasteiger partial charge is 0.326 e. The highest BCUT2D eigenvalue weighted by Gasteiger charge is 2.28. The van der Waals surface area contributed by atoms with Gasteiger partial charge in [0.05, 0.1) is 6.07 Å². The first-order chi connectivity index (χ1) is 7.06. The van der Waals surface area contributed by atoms with Crippen molar-refractivity contribution in [3.05, 3.63) is 35.9 Å². The van der Waals surface area contributed by atoms with Crippen LogP contribution < -0.4 is 0 Å². The summed E-state index contributed by atoms with van der Waals surface area (Å²) < 4.78 is 5.02. The summed E-state index contributed by atoms with van der Waals surface area (Å²) in [4.78, 5) is 11.4. The zero-order valence-corrected chi connectivity index (χ0v) is 8.86. The summed E-state index contributed by atoms with van der Waals surface area (Å²) in [5, 5.41) is 8.71. The first-order valence-corrected chi connectivity index (χ1v) is 4.68. The molecule has 78 valence electrons. The molecule has 0 heterocycles. The maximum absolute atomic E-state index is 11.4. The van der Waals surface area contributed by atoms with Crippen molar-refractivity contribution >= 4 is 5.97 Å². The minimum Gasteiger partial charge on any atom is -0.460 e. The van der Waals surface area contributed by atoms with Crippen LogP contribution in [-0.4, -0.2) is 5.97 Å². The summed E-state index contributed by atoms with van der Waals surface area (Å²) in [6, 6.07) is 11.3. The first-order valence-electron chi connectivity index (χ1n) is 4.68. The van der Waals surface area contributed by atoms with Crippen LogP contribution in [0.25, 0.3) is 0 Å². The van der Waals surface area contributed by atoms with Crippen molar-refractivity contribution in [2.45, 2.75) is 20.5 Å². The molecule has 0 amide bonds. The Hall–Kier alpha value is -1.82. The van der Waals surface area contributed by atoms with E-state index in [9.17, 15) is 4.79 Å². The third-order valence-electron chi connectivity index (χ3n) is 2.00. The second-order valence-corrected chi connectivity index (χ2v) is 3.80. The Bertz CT molecular complexity index is 376. The number of esters is 1. The van der Waals surface area contributed by atoms with Crippen molar-refractivity contribution in [1.82, 2.24) is 0 Å². The topological polar surface area (TPSA) is 50.1 Å². The third-order valence-corrected chi connectivity index (χ3v) is 2.00. The summed E-state index contributed by atoms with van der Waals surface area (Å²) in [6.45, 7) is 3.30. The van der Waals surface area contributed by atoms with Crippen molar-refractivity contribution in [2.75, 3.05) is 0 Å². The maximum Gasteiger partial charge on any atom is 0.326 e. The Morgan fingerprint density at radius 3 is 2.53 bits per heavy atom. The summed E-state index contributed by atoms with van der Waals surface area (Å²) in [6.07, 6.45) is 0. The fourth-order valence-electron chi connectivity index (χ4n) is 0.949. The second kappa shape index (κ2) is 4.61. The Kier molecular flexibility index (Phi) is 3.46. The molecule has 0 atom stereocenters. The van der Waals surface area contributed by atoms with Crippen LogP contribution in [0.3, 0.4) is 0 Å². The molecule has 0 unspecified atom stereocenters. The van der Waals surface area contributed by atoms with Crippen LogP contribution in [-0.2, 0) is 16.1 Å². The highest BCUT2D eigenvalue weighted by atomic mass is 16.5. The number of nitrogens with zero attached hydrogens (tertiary/aromatic N) is 1. The molecule has 0 aliphatic heterocycles. The molecule has 0 aromatic heterocycles. The van der Waals surface area contributed by atoms with Gasteiger partial charge in [-0.25, -0.2) is 0 Å². The lowest BCUT2D eigenvalue weighted by atomic mass is 9.96. The van der Waals surface area contributed by atoms with E-state index < -0.39 is 11.4 Å². The minimum absolute atomic E-state index is 0.213. The second-order valence-electron chi connectivity index (χ2n) is 3.80. The van der Waals surface area contributed by atoms with Crippen LogP contribution >= 0.6 is 0 Å². The molecule has 1 rings (SSSR count). The molecular weight excluding hydrogens is 190 g/mol. The lowest BCUT2D eigenvalue weighted by Crippen LogP contribution is -2.24. The third kappa shape index (κ3) is 3.10. The van der Waals surface area contributed by atoms with Gasteiger partial charge in [-0.2, -0.15) is 5.26 Å². The first kappa shape index (κ1) is 11.3. The Labute approximate surface area is 89.3 Å². The van der Waals surface area contributed by atoms with E-state index in [4.69, 9.17) is 10.00 Å². The van der Waals surface area contributed by atoms with E-state index in [1.165, 1.54) is 0 Å². The number of rotatable bonds is 3. The van der Waals surface area contributed by atoms with Crippen LogP contribution in [0.1, 0.15) is 19.4 Å². The Morgan fingerprint density at radius 2 is 2.00 bits per heavy atom. The normalized spacial score (nSPS) is 10.5. The van der Waals surface area contributed by atoms with Gasteiger partial charge in [0.15, 0.2) is 0 Å². The molecule has 0 N–H and O–H groups in total. The van der Waals surface area contributed by atoms with Gasteiger partial charge in [-0.1, -0.05) is 30.3 Å². The Balaban J connectivity index is 2.53. The van der Waals surface area contributed by atoms with Crippen molar-refractivity contribution in [3.63, 3.8) is 0 Å². The van der Waals surface area contributed by atoms with Crippen molar-refractivity contribution in [3.8, 4) is 6.07 Å². The molecule has 0 saturated heterocycles. The molecule has 15 heavy (non-hydrogen) atoms. The van der Waals surface area contributed by atoms with Crippen LogP contribution in [0.2, 0.25) is 0 Å². The van der Waals surface area contributed by atoms with Crippen LogP contribution in [0.15, 0.2) is 30.3 Å². The summed E-state index contributed by atoms with van der Waals surface area (Å²) in [5.74, 6) is -0.492. The SMILES string of the molecule is CC(C)(C#N)C(=O)OCc1ccccc1.